The van der Waals surface area contributed by atoms with Crippen molar-refractivity contribution in [3.8, 4) is 0 Å². The first kappa shape index (κ1) is 14.9. The number of aliphatic hydroxyl groups excluding tert-OH is 2. The second-order valence-corrected chi connectivity index (χ2v) is 7.85. The Kier molecular flexibility index (Phi) is 4.57. The van der Waals surface area contributed by atoms with Crippen LogP contribution in [-0.4, -0.2) is 42.6 Å². The zero-order valence-corrected chi connectivity index (χ0v) is 11.5. The van der Waals surface area contributed by atoms with Gasteiger partial charge in [0.05, 0.1) is 18.0 Å². The fourth-order valence-electron chi connectivity index (χ4n) is 1.49. The molecule has 0 unspecified atom stereocenters. The smallest absolute Gasteiger partial charge is 0.214 e. The van der Waals surface area contributed by atoms with Crippen LogP contribution in [0.1, 0.15) is 40.0 Å². The van der Waals surface area contributed by atoms with E-state index in [0.29, 0.717) is 12.8 Å². The van der Waals surface area contributed by atoms with E-state index in [2.05, 4.69) is 4.72 Å². The molecule has 17 heavy (non-hydrogen) atoms. The lowest BCUT2D eigenvalue weighted by Crippen LogP contribution is -2.43. The van der Waals surface area contributed by atoms with Crippen molar-refractivity contribution in [2.45, 2.75) is 57.4 Å². The Hall–Kier alpha value is -0.170. The van der Waals surface area contributed by atoms with Gasteiger partial charge < -0.3 is 10.2 Å². The van der Waals surface area contributed by atoms with Crippen molar-refractivity contribution in [1.82, 2.24) is 4.72 Å². The Balaban J connectivity index is 2.54. The minimum Gasteiger partial charge on any atom is -0.395 e. The lowest BCUT2D eigenvalue weighted by molar-refractivity contribution is 0.0420. The molecule has 2 atom stereocenters. The summed E-state index contributed by atoms with van der Waals surface area (Å²) in [4.78, 5) is 0. The van der Waals surface area contributed by atoms with Gasteiger partial charge in [-0.1, -0.05) is 20.8 Å². The number of hydrogen-bond acceptors (Lipinski definition) is 4. The monoisotopic (exact) mass is 265 g/mol. The largest absolute Gasteiger partial charge is 0.395 e. The molecule has 0 spiro atoms. The molecule has 0 heterocycles. The molecular weight excluding hydrogens is 242 g/mol. The molecule has 0 aliphatic heterocycles. The maximum Gasteiger partial charge on any atom is 0.214 e. The first-order valence-electron chi connectivity index (χ1n) is 5.97. The molecular formula is C11H23NO4S. The molecule has 0 amide bonds. The van der Waals surface area contributed by atoms with Crippen LogP contribution in [0.4, 0.5) is 0 Å². The second-order valence-electron chi connectivity index (χ2n) is 5.86. The predicted octanol–water partition coefficient (Wildman–Crippen LogP) is 0.226. The van der Waals surface area contributed by atoms with Gasteiger partial charge in [0.1, 0.15) is 0 Å². The minimum atomic E-state index is -3.31. The van der Waals surface area contributed by atoms with Crippen molar-refractivity contribution in [1.29, 1.82) is 0 Å². The molecule has 1 saturated carbocycles. The van der Waals surface area contributed by atoms with Crippen LogP contribution in [0.2, 0.25) is 0 Å². The Morgan fingerprint density at radius 2 is 1.88 bits per heavy atom. The number of rotatable bonds is 6. The van der Waals surface area contributed by atoms with Gasteiger partial charge in [0, 0.05) is 6.04 Å². The van der Waals surface area contributed by atoms with Gasteiger partial charge in [0.25, 0.3) is 0 Å². The van der Waals surface area contributed by atoms with E-state index in [4.69, 9.17) is 5.11 Å². The van der Waals surface area contributed by atoms with Crippen LogP contribution in [-0.2, 0) is 10.0 Å². The summed E-state index contributed by atoms with van der Waals surface area (Å²) in [5, 5.41) is 18.8. The van der Waals surface area contributed by atoms with Crippen molar-refractivity contribution < 1.29 is 18.6 Å². The summed E-state index contributed by atoms with van der Waals surface area (Å²) >= 11 is 0. The molecule has 0 aromatic rings. The van der Waals surface area contributed by atoms with E-state index in [0.717, 1.165) is 0 Å². The van der Waals surface area contributed by atoms with Gasteiger partial charge in [-0.25, -0.2) is 13.1 Å². The van der Waals surface area contributed by atoms with E-state index in [-0.39, 0.29) is 23.7 Å². The molecule has 6 heteroatoms. The second kappa shape index (κ2) is 5.22. The number of aliphatic hydroxyl groups is 2. The minimum absolute atomic E-state index is 0.228. The highest BCUT2D eigenvalue weighted by atomic mass is 32.2. The molecule has 5 nitrogen and oxygen atoms in total. The van der Waals surface area contributed by atoms with Crippen molar-refractivity contribution in [3.63, 3.8) is 0 Å². The van der Waals surface area contributed by atoms with E-state index < -0.39 is 22.2 Å². The van der Waals surface area contributed by atoms with Crippen LogP contribution in [0.25, 0.3) is 0 Å². The molecule has 0 aromatic carbocycles. The zero-order chi connectivity index (χ0) is 13.3. The first-order valence-corrected chi connectivity index (χ1v) is 7.51. The Morgan fingerprint density at radius 3 is 2.24 bits per heavy atom. The molecule has 1 rings (SSSR count). The predicted molar refractivity (Wildman–Crippen MR) is 66.0 cm³/mol. The van der Waals surface area contributed by atoms with E-state index in [1.807, 2.05) is 20.8 Å². The topological polar surface area (TPSA) is 86.6 Å². The summed E-state index contributed by atoms with van der Waals surface area (Å²) in [5.74, 6) is 0. The standard InChI is InChI=1S/C11H23NO4S/c1-11(2,3)10(14)6-8(7-13)12-17(15,16)9-4-5-9/h8-10,12-14H,4-7H2,1-3H3/t8-,10+/m1/s1. The quantitative estimate of drug-likeness (QED) is 0.641. The summed E-state index contributed by atoms with van der Waals surface area (Å²) in [6.07, 6.45) is 0.956. The molecule has 1 aliphatic carbocycles. The summed E-state index contributed by atoms with van der Waals surface area (Å²) < 4.78 is 25.8. The van der Waals surface area contributed by atoms with Gasteiger partial charge in [0.2, 0.25) is 10.0 Å². The fraction of sp³-hybridized carbons (Fsp3) is 1.00. The van der Waals surface area contributed by atoms with Crippen molar-refractivity contribution in [2.75, 3.05) is 6.61 Å². The molecule has 0 saturated heterocycles. The Bertz CT molecular complexity index is 343. The molecule has 0 radical (unpaired) electrons. The van der Waals surface area contributed by atoms with Crippen LogP contribution in [0.5, 0.6) is 0 Å². The highest BCUT2D eigenvalue weighted by Crippen LogP contribution is 2.28. The van der Waals surface area contributed by atoms with Crippen LogP contribution < -0.4 is 4.72 Å². The van der Waals surface area contributed by atoms with Gasteiger partial charge in [-0.05, 0) is 24.7 Å². The lowest BCUT2D eigenvalue weighted by atomic mass is 9.86. The van der Waals surface area contributed by atoms with Crippen LogP contribution in [0, 0.1) is 5.41 Å². The third-order valence-corrected chi connectivity index (χ3v) is 5.03. The SMILES string of the molecule is CC(C)(C)[C@@H](O)C[C@H](CO)NS(=O)(=O)C1CC1. The molecule has 3 N–H and O–H groups in total. The molecule has 1 aliphatic rings. The molecule has 102 valence electrons. The zero-order valence-electron chi connectivity index (χ0n) is 10.7. The van der Waals surface area contributed by atoms with Crippen molar-refractivity contribution in [3.05, 3.63) is 0 Å². The van der Waals surface area contributed by atoms with Gasteiger partial charge in [0.15, 0.2) is 0 Å². The summed E-state index contributed by atoms with van der Waals surface area (Å²) in [7, 11) is -3.31. The third-order valence-electron chi connectivity index (χ3n) is 3.02. The Labute approximate surface area is 103 Å². The van der Waals surface area contributed by atoms with Gasteiger partial charge in [-0.2, -0.15) is 0 Å². The lowest BCUT2D eigenvalue weighted by Gasteiger charge is -2.29. The van der Waals surface area contributed by atoms with Crippen LogP contribution in [0.15, 0.2) is 0 Å². The highest BCUT2D eigenvalue weighted by molar-refractivity contribution is 7.90. The maximum atomic E-state index is 11.7. The van der Waals surface area contributed by atoms with E-state index in [9.17, 15) is 13.5 Å². The maximum absolute atomic E-state index is 11.7. The number of sulfonamides is 1. The van der Waals surface area contributed by atoms with E-state index >= 15 is 0 Å². The fourth-order valence-corrected chi connectivity index (χ4v) is 3.07. The van der Waals surface area contributed by atoms with Crippen molar-refractivity contribution >= 4 is 10.0 Å². The van der Waals surface area contributed by atoms with Crippen LogP contribution in [0.3, 0.4) is 0 Å². The first-order chi connectivity index (χ1) is 7.66. The van der Waals surface area contributed by atoms with Gasteiger partial charge >= 0.3 is 0 Å². The van der Waals surface area contributed by atoms with Crippen LogP contribution >= 0.6 is 0 Å². The Morgan fingerprint density at radius 1 is 1.35 bits per heavy atom. The summed E-state index contributed by atoms with van der Waals surface area (Å²) in [5.41, 5.74) is -0.321. The molecule has 1 fully saturated rings. The van der Waals surface area contributed by atoms with Gasteiger partial charge in [-0.3, -0.25) is 0 Å². The molecule has 0 bridgehead atoms. The number of hydrogen-bond donors (Lipinski definition) is 3. The van der Waals surface area contributed by atoms with E-state index in [1.54, 1.807) is 0 Å². The number of nitrogens with one attached hydrogen (secondary N) is 1. The van der Waals surface area contributed by atoms with E-state index in [1.165, 1.54) is 0 Å². The molecule has 0 aromatic heterocycles. The van der Waals surface area contributed by atoms with Gasteiger partial charge in [-0.15, -0.1) is 0 Å². The average molecular weight is 265 g/mol. The highest BCUT2D eigenvalue weighted by Gasteiger charge is 2.37. The summed E-state index contributed by atoms with van der Waals surface area (Å²) in [6, 6.07) is -0.602. The normalized spacial score (nSPS) is 21.2. The third kappa shape index (κ3) is 4.54. The summed E-state index contributed by atoms with van der Waals surface area (Å²) in [6.45, 7) is 5.34. The average Bonchev–Trinajstić information content (AvgIpc) is 2.97. The van der Waals surface area contributed by atoms with Crippen molar-refractivity contribution in [2.24, 2.45) is 5.41 Å².